The van der Waals surface area contributed by atoms with Gasteiger partial charge in [-0.15, -0.1) is 11.8 Å². The van der Waals surface area contributed by atoms with E-state index in [9.17, 15) is 9.59 Å². The summed E-state index contributed by atoms with van der Waals surface area (Å²) in [6.07, 6.45) is 0. The van der Waals surface area contributed by atoms with Gasteiger partial charge in [-0.05, 0) is 5.92 Å². The minimum Gasteiger partial charge on any atom is -0.480 e. The number of carboxylic acid groups (broad SMARTS) is 1. The van der Waals surface area contributed by atoms with Crippen molar-refractivity contribution in [1.82, 2.24) is 10.2 Å². The smallest absolute Gasteiger partial charge is 0.327 e. The van der Waals surface area contributed by atoms with E-state index in [1.165, 1.54) is 16.7 Å². The van der Waals surface area contributed by atoms with Crippen LogP contribution < -0.4 is 5.32 Å². The second-order valence-corrected chi connectivity index (χ2v) is 4.90. The third-order valence-electron chi connectivity index (χ3n) is 2.09. The van der Waals surface area contributed by atoms with Crippen LogP contribution in [0.5, 0.6) is 0 Å². The molecule has 1 heterocycles. The fourth-order valence-corrected chi connectivity index (χ4v) is 2.39. The molecule has 1 rings (SSSR count). The molecular formula is C9H16N2O3S. The average molecular weight is 232 g/mol. The summed E-state index contributed by atoms with van der Waals surface area (Å²) in [6, 6.07) is -0.955. The summed E-state index contributed by atoms with van der Waals surface area (Å²) in [5.74, 6) is 0.373. The second-order valence-electron chi connectivity index (χ2n) is 3.90. The lowest BCUT2D eigenvalue weighted by Gasteiger charge is -2.21. The Morgan fingerprint density at radius 1 is 1.60 bits per heavy atom. The monoisotopic (exact) mass is 232 g/mol. The molecule has 1 fully saturated rings. The zero-order chi connectivity index (χ0) is 11.4. The van der Waals surface area contributed by atoms with E-state index in [0.717, 1.165) is 0 Å². The van der Waals surface area contributed by atoms with E-state index in [1.54, 1.807) is 0 Å². The fraction of sp³-hybridized carbons (Fsp3) is 0.778. The van der Waals surface area contributed by atoms with Gasteiger partial charge in [-0.25, -0.2) is 9.59 Å². The number of carbonyl (C=O) groups excluding carboxylic acids is 1. The number of rotatable bonds is 3. The number of hydrogen-bond acceptors (Lipinski definition) is 3. The van der Waals surface area contributed by atoms with Crippen LogP contribution in [0.25, 0.3) is 0 Å². The Hall–Kier alpha value is -0.910. The summed E-state index contributed by atoms with van der Waals surface area (Å²) in [5, 5.41) is 11.6. The van der Waals surface area contributed by atoms with Crippen LogP contribution in [0.3, 0.4) is 0 Å². The van der Waals surface area contributed by atoms with Crippen molar-refractivity contribution in [2.45, 2.75) is 19.9 Å². The van der Waals surface area contributed by atoms with Gasteiger partial charge in [-0.3, -0.25) is 0 Å². The van der Waals surface area contributed by atoms with Crippen molar-refractivity contribution in [3.05, 3.63) is 0 Å². The van der Waals surface area contributed by atoms with Crippen molar-refractivity contribution in [2.24, 2.45) is 5.92 Å². The number of carbonyl (C=O) groups is 2. The van der Waals surface area contributed by atoms with E-state index in [4.69, 9.17) is 5.11 Å². The minimum atomic E-state index is -0.931. The first-order chi connectivity index (χ1) is 7.02. The third-order valence-corrected chi connectivity index (χ3v) is 3.10. The summed E-state index contributed by atoms with van der Waals surface area (Å²) in [7, 11) is 0. The summed E-state index contributed by atoms with van der Waals surface area (Å²) < 4.78 is 0. The molecule has 0 aromatic heterocycles. The molecule has 5 nitrogen and oxygen atoms in total. The Kier molecular flexibility index (Phi) is 4.26. The molecule has 1 unspecified atom stereocenters. The molecule has 1 saturated heterocycles. The Morgan fingerprint density at radius 2 is 2.27 bits per heavy atom. The maximum atomic E-state index is 11.6. The van der Waals surface area contributed by atoms with Crippen LogP contribution in [0.1, 0.15) is 13.8 Å². The van der Waals surface area contributed by atoms with E-state index < -0.39 is 12.0 Å². The minimum absolute atomic E-state index is 0.277. The van der Waals surface area contributed by atoms with Gasteiger partial charge in [0.05, 0.1) is 5.88 Å². The van der Waals surface area contributed by atoms with Crippen molar-refractivity contribution in [2.75, 3.05) is 18.2 Å². The number of nitrogens with zero attached hydrogens (tertiary/aromatic N) is 1. The predicted octanol–water partition coefficient (Wildman–Crippen LogP) is 0.812. The molecule has 0 aromatic rings. The lowest BCUT2D eigenvalue weighted by atomic mass is 10.2. The summed E-state index contributed by atoms with van der Waals surface area (Å²) in [5.41, 5.74) is 0. The van der Waals surface area contributed by atoms with Crippen molar-refractivity contribution in [1.29, 1.82) is 0 Å². The molecule has 0 spiro atoms. The van der Waals surface area contributed by atoms with E-state index in [0.29, 0.717) is 24.1 Å². The van der Waals surface area contributed by atoms with Gasteiger partial charge in [0.15, 0.2) is 0 Å². The molecule has 2 N–H and O–H groups in total. The number of thioether (sulfide) groups is 1. The molecule has 6 heteroatoms. The van der Waals surface area contributed by atoms with Crippen LogP contribution in [0.4, 0.5) is 4.79 Å². The van der Waals surface area contributed by atoms with Gasteiger partial charge >= 0.3 is 12.0 Å². The van der Waals surface area contributed by atoms with Gasteiger partial charge in [0.25, 0.3) is 0 Å². The molecule has 0 radical (unpaired) electrons. The van der Waals surface area contributed by atoms with Crippen LogP contribution >= 0.6 is 11.8 Å². The molecule has 0 bridgehead atoms. The second kappa shape index (κ2) is 5.25. The van der Waals surface area contributed by atoms with Crippen molar-refractivity contribution in [3.63, 3.8) is 0 Å². The van der Waals surface area contributed by atoms with E-state index in [1.807, 2.05) is 13.8 Å². The van der Waals surface area contributed by atoms with Crippen molar-refractivity contribution in [3.8, 4) is 0 Å². The number of aliphatic carboxylic acids is 1. The first-order valence-corrected chi connectivity index (χ1v) is 6.03. The van der Waals surface area contributed by atoms with Crippen LogP contribution in [0.15, 0.2) is 0 Å². The quantitative estimate of drug-likeness (QED) is 0.755. The highest BCUT2D eigenvalue weighted by atomic mass is 32.2. The zero-order valence-corrected chi connectivity index (χ0v) is 9.71. The largest absolute Gasteiger partial charge is 0.480 e. The van der Waals surface area contributed by atoms with Crippen LogP contribution in [0.2, 0.25) is 0 Å². The highest BCUT2D eigenvalue weighted by Gasteiger charge is 2.34. The summed E-state index contributed by atoms with van der Waals surface area (Å²) in [6.45, 7) is 4.56. The van der Waals surface area contributed by atoms with Crippen molar-refractivity contribution < 1.29 is 14.7 Å². The Labute approximate surface area is 93.2 Å². The van der Waals surface area contributed by atoms with Gasteiger partial charge in [-0.1, -0.05) is 13.8 Å². The Bertz CT molecular complexity index is 258. The first kappa shape index (κ1) is 12.2. The van der Waals surface area contributed by atoms with Crippen LogP contribution in [-0.2, 0) is 4.79 Å². The lowest BCUT2D eigenvalue weighted by Crippen LogP contribution is -2.47. The number of hydrogen-bond donors (Lipinski definition) is 2. The van der Waals surface area contributed by atoms with Crippen LogP contribution in [-0.4, -0.2) is 46.2 Å². The first-order valence-electron chi connectivity index (χ1n) is 4.87. The van der Waals surface area contributed by atoms with Gasteiger partial charge in [0, 0.05) is 12.3 Å². The molecule has 1 aliphatic rings. The van der Waals surface area contributed by atoms with Crippen molar-refractivity contribution >= 4 is 23.8 Å². The van der Waals surface area contributed by atoms with E-state index >= 15 is 0 Å². The highest BCUT2D eigenvalue weighted by molar-refractivity contribution is 7.99. The van der Waals surface area contributed by atoms with Gasteiger partial charge in [0.1, 0.15) is 6.04 Å². The molecule has 1 aliphatic heterocycles. The summed E-state index contributed by atoms with van der Waals surface area (Å²) >= 11 is 1.47. The Balaban J connectivity index is 2.47. The average Bonchev–Trinajstić information content (AvgIpc) is 2.62. The van der Waals surface area contributed by atoms with Gasteiger partial charge in [0.2, 0.25) is 0 Å². The Morgan fingerprint density at radius 3 is 2.80 bits per heavy atom. The molecular weight excluding hydrogens is 216 g/mol. The maximum absolute atomic E-state index is 11.6. The molecule has 86 valence electrons. The maximum Gasteiger partial charge on any atom is 0.327 e. The molecule has 2 amide bonds. The SMILES string of the molecule is CC(C)CNC(=O)N1CSCC1C(=O)O. The number of carboxylic acids is 1. The standard InChI is InChI=1S/C9H16N2O3S/c1-6(2)3-10-9(14)11-5-15-4-7(11)8(12)13/h6-7H,3-5H2,1-2H3,(H,10,14)(H,12,13). The molecule has 0 saturated carbocycles. The zero-order valence-electron chi connectivity index (χ0n) is 8.90. The van der Waals surface area contributed by atoms with Crippen LogP contribution in [0, 0.1) is 5.92 Å². The summed E-state index contributed by atoms with van der Waals surface area (Å²) in [4.78, 5) is 23.8. The normalized spacial score (nSPS) is 20.7. The van der Waals surface area contributed by atoms with E-state index in [-0.39, 0.29) is 6.03 Å². The number of urea groups is 1. The molecule has 15 heavy (non-hydrogen) atoms. The predicted molar refractivity (Wildman–Crippen MR) is 58.8 cm³/mol. The number of nitrogens with one attached hydrogen (secondary N) is 1. The number of amides is 2. The molecule has 0 aromatic carbocycles. The van der Waals surface area contributed by atoms with Gasteiger partial charge < -0.3 is 15.3 Å². The lowest BCUT2D eigenvalue weighted by molar-refractivity contribution is -0.140. The topological polar surface area (TPSA) is 69.6 Å². The van der Waals surface area contributed by atoms with E-state index in [2.05, 4.69) is 5.32 Å². The third kappa shape index (κ3) is 3.30. The van der Waals surface area contributed by atoms with Gasteiger partial charge in [-0.2, -0.15) is 0 Å². The fourth-order valence-electron chi connectivity index (χ4n) is 1.24. The highest BCUT2D eigenvalue weighted by Crippen LogP contribution is 2.20. The molecule has 1 atom stereocenters. The molecule has 0 aliphatic carbocycles.